The fourth-order valence-corrected chi connectivity index (χ4v) is 5.19. The smallest absolute Gasteiger partial charge is 0.348 e. The predicted octanol–water partition coefficient (Wildman–Crippen LogP) is 6.32. The monoisotopic (exact) mass is 541 g/mol. The summed E-state index contributed by atoms with van der Waals surface area (Å²) in [6, 6.07) is 0. The number of nitrogens with zero attached hydrogens (tertiary/aromatic N) is 1. The van der Waals surface area contributed by atoms with Crippen LogP contribution in [0.2, 0.25) is 0 Å². The van der Waals surface area contributed by atoms with Crippen molar-refractivity contribution in [1.82, 2.24) is 4.90 Å². The zero-order valence-electron chi connectivity index (χ0n) is 24.7. The molecule has 1 rings (SSSR count). The molecule has 0 radical (unpaired) electrons. The lowest BCUT2D eigenvalue weighted by Gasteiger charge is -2.28. The number of ether oxygens (including phenoxy) is 2. The van der Waals surface area contributed by atoms with Gasteiger partial charge in [0.25, 0.3) is 0 Å². The quantitative estimate of drug-likeness (QED) is 0.0977. The van der Waals surface area contributed by atoms with E-state index in [0.717, 1.165) is 45.1 Å². The van der Waals surface area contributed by atoms with E-state index in [1.807, 2.05) is 0 Å². The summed E-state index contributed by atoms with van der Waals surface area (Å²) in [6.45, 7) is 6.03. The number of carbonyl (C=O) groups is 2. The summed E-state index contributed by atoms with van der Waals surface area (Å²) >= 11 is 0. The maximum Gasteiger partial charge on any atom is 0.348 e. The van der Waals surface area contributed by atoms with Crippen molar-refractivity contribution in [2.75, 3.05) is 26.2 Å². The Balaban J connectivity index is 2.36. The van der Waals surface area contributed by atoms with Gasteiger partial charge in [0.15, 0.2) is 12.7 Å². The van der Waals surface area contributed by atoms with Crippen LogP contribution >= 0.6 is 0 Å². The maximum atomic E-state index is 11.8. The number of hydrogen-bond donors (Lipinski definition) is 2. The molecule has 0 saturated carbocycles. The van der Waals surface area contributed by atoms with E-state index in [1.165, 1.54) is 77.0 Å². The Kier molecular flexibility index (Phi) is 21.7. The first kappa shape index (κ1) is 34.8. The number of aliphatic hydroxyl groups excluding tert-OH is 2. The number of cyclic esters (lactones) is 2. The molecule has 0 amide bonds. The van der Waals surface area contributed by atoms with Crippen molar-refractivity contribution >= 4 is 11.9 Å². The van der Waals surface area contributed by atoms with Crippen molar-refractivity contribution in [1.29, 1.82) is 0 Å². The largest absolute Gasteiger partial charge is 0.451 e. The van der Waals surface area contributed by atoms with Gasteiger partial charge in [-0.3, -0.25) is 4.90 Å². The minimum atomic E-state index is -0.805. The van der Waals surface area contributed by atoms with E-state index in [2.05, 4.69) is 18.7 Å². The summed E-state index contributed by atoms with van der Waals surface area (Å²) in [5.74, 6) is -0.957. The molecule has 1 aliphatic heterocycles. The first-order valence-corrected chi connectivity index (χ1v) is 15.9. The van der Waals surface area contributed by atoms with Crippen LogP contribution in [0.15, 0.2) is 0 Å². The van der Waals surface area contributed by atoms with E-state index in [0.29, 0.717) is 25.9 Å². The average Bonchev–Trinajstić information content (AvgIpc) is 2.89. The van der Waals surface area contributed by atoms with Crippen molar-refractivity contribution in [2.45, 2.75) is 161 Å². The maximum absolute atomic E-state index is 11.8. The van der Waals surface area contributed by atoms with Gasteiger partial charge in [-0.2, -0.15) is 0 Å². The average molecular weight is 542 g/mol. The van der Waals surface area contributed by atoms with E-state index in [9.17, 15) is 19.8 Å². The molecular weight excluding hydrogens is 482 g/mol. The van der Waals surface area contributed by atoms with Gasteiger partial charge in [0.2, 0.25) is 0 Å². The van der Waals surface area contributed by atoms with Crippen LogP contribution in [0.1, 0.15) is 142 Å². The van der Waals surface area contributed by atoms with Gasteiger partial charge in [-0.05, 0) is 38.6 Å². The molecule has 1 fully saturated rings. The second-order valence-electron chi connectivity index (χ2n) is 11.3. The molecule has 0 spiro atoms. The minimum absolute atomic E-state index is 0.295. The Bertz CT molecular complexity index is 587. The zero-order valence-corrected chi connectivity index (χ0v) is 24.7. The van der Waals surface area contributed by atoms with Crippen molar-refractivity contribution in [3.05, 3.63) is 0 Å². The highest BCUT2D eigenvalue weighted by Crippen LogP contribution is 2.15. The van der Waals surface area contributed by atoms with E-state index < -0.39 is 30.3 Å². The Morgan fingerprint density at radius 1 is 0.711 bits per heavy atom. The van der Waals surface area contributed by atoms with Gasteiger partial charge in [0.05, 0.1) is 12.2 Å². The van der Waals surface area contributed by atoms with Crippen molar-refractivity contribution < 1.29 is 29.3 Å². The summed E-state index contributed by atoms with van der Waals surface area (Å²) in [6.07, 6.45) is 20.5. The summed E-state index contributed by atoms with van der Waals surface area (Å²) in [4.78, 5) is 25.4. The topological polar surface area (TPSA) is 96.3 Å². The van der Waals surface area contributed by atoms with Crippen molar-refractivity contribution in [3.63, 3.8) is 0 Å². The molecule has 0 bridgehead atoms. The molecule has 0 aromatic rings. The number of rotatable bonds is 26. The summed E-state index contributed by atoms with van der Waals surface area (Å²) in [7, 11) is 0. The van der Waals surface area contributed by atoms with Crippen LogP contribution in [0.3, 0.4) is 0 Å². The molecule has 2 N–H and O–H groups in total. The van der Waals surface area contributed by atoms with E-state index in [-0.39, 0.29) is 6.61 Å². The van der Waals surface area contributed by atoms with Gasteiger partial charge in [-0.25, -0.2) is 9.59 Å². The van der Waals surface area contributed by atoms with Crippen LogP contribution in [-0.2, 0) is 19.1 Å². The van der Waals surface area contributed by atoms with E-state index in [4.69, 9.17) is 9.47 Å². The van der Waals surface area contributed by atoms with E-state index in [1.54, 1.807) is 0 Å². The third-order valence-electron chi connectivity index (χ3n) is 7.53. The fraction of sp³-hybridized carbons (Fsp3) is 0.935. The third kappa shape index (κ3) is 19.0. The molecule has 0 aromatic heterocycles. The SMILES string of the molecule is CCCCCCCCCCC(O)CN(CCCCC1OC(=O)COC1=O)CC(O)CCCCCCCCC. The number of unbranched alkanes of at least 4 members (excludes halogenated alkanes) is 14. The highest BCUT2D eigenvalue weighted by molar-refractivity contribution is 5.85. The number of esters is 2. The van der Waals surface area contributed by atoms with Gasteiger partial charge < -0.3 is 19.7 Å². The van der Waals surface area contributed by atoms with Crippen LogP contribution in [0.4, 0.5) is 0 Å². The van der Waals surface area contributed by atoms with Crippen molar-refractivity contribution in [2.24, 2.45) is 0 Å². The molecule has 1 heterocycles. The molecule has 0 aliphatic carbocycles. The van der Waals surface area contributed by atoms with Crippen molar-refractivity contribution in [3.8, 4) is 0 Å². The molecule has 1 aliphatic rings. The lowest BCUT2D eigenvalue weighted by Crippen LogP contribution is -2.39. The molecule has 7 heteroatoms. The second kappa shape index (κ2) is 23.7. The molecule has 3 atom stereocenters. The highest BCUT2D eigenvalue weighted by atomic mass is 16.6. The molecular formula is C31H59NO6. The molecule has 3 unspecified atom stereocenters. The Labute approximate surface area is 233 Å². The zero-order chi connectivity index (χ0) is 27.8. The van der Waals surface area contributed by atoms with Gasteiger partial charge >= 0.3 is 11.9 Å². The number of carbonyl (C=O) groups excluding carboxylic acids is 2. The van der Waals surface area contributed by atoms with E-state index >= 15 is 0 Å². The molecule has 1 saturated heterocycles. The number of aliphatic hydroxyl groups is 2. The Hall–Kier alpha value is -1.18. The Morgan fingerprint density at radius 3 is 1.68 bits per heavy atom. The fourth-order valence-electron chi connectivity index (χ4n) is 5.19. The first-order valence-electron chi connectivity index (χ1n) is 15.9. The van der Waals surface area contributed by atoms with Crippen LogP contribution in [0, 0.1) is 0 Å². The predicted molar refractivity (Wildman–Crippen MR) is 153 cm³/mol. The molecule has 224 valence electrons. The molecule has 38 heavy (non-hydrogen) atoms. The van der Waals surface area contributed by atoms with Gasteiger partial charge in [-0.15, -0.1) is 0 Å². The standard InChI is InChI=1S/C31H59NO6/c1-3-5-7-9-11-13-15-17-21-28(34)25-32(24-27(33)20-16-14-12-10-8-6-4-2)23-19-18-22-29-31(36)37-26-30(35)38-29/h27-29,33-34H,3-26H2,1-2H3. The Morgan fingerprint density at radius 2 is 1.18 bits per heavy atom. The third-order valence-corrected chi connectivity index (χ3v) is 7.53. The number of hydrogen-bond acceptors (Lipinski definition) is 7. The van der Waals surface area contributed by atoms with Gasteiger partial charge in [-0.1, -0.05) is 110 Å². The van der Waals surface area contributed by atoms with Gasteiger partial charge in [0, 0.05) is 13.1 Å². The molecule has 0 aromatic carbocycles. The summed E-state index contributed by atoms with van der Waals surface area (Å²) < 4.78 is 9.95. The lowest BCUT2D eigenvalue weighted by atomic mass is 10.0. The van der Waals surface area contributed by atoms with Crippen LogP contribution < -0.4 is 0 Å². The summed E-state index contributed by atoms with van der Waals surface area (Å²) in [5.41, 5.74) is 0. The summed E-state index contributed by atoms with van der Waals surface area (Å²) in [5, 5.41) is 21.4. The minimum Gasteiger partial charge on any atom is -0.451 e. The van der Waals surface area contributed by atoms with Crippen LogP contribution in [0.5, 0.6) is 0 Å². The first-order chi connectivity index (χ1) is 18.5. The van der Waals surface area contributed by atoms with Crippen LogP contribution in [0.25, 0.3) is 0 Å². The van der Waals surface area contributed by atoms with Crippen LogP contribution in [-0.4, -0.2) is 71.6 Å². The normalized spacial score (nSPS) is 17.4. The molecule has 7 nitrogen and oxygen atoms in total. The van der Waals surface area contributed by atoms with Gasteiger partial charge in [0.1, 0.15) is 0 Å². The lowest BCUT2D eigenvalue weighted by molar-refractivity contribution is -0.185. The second-order valence-corrected chi connectivity index (χ2v) is 11.3. The highest BCUT2D eigenvalue weighted by Gasteiger charge is 2.29.